The Balaban J connectivity index is 1.29. The second-order valence-electron chi connectivity index (χ2n) is 19.8. The van der Waals surface area contributed by atoms with E-state index in [1.54, 1.807) is 0 Å². The lowest BCUT2D eigenvalue weighted by Crippen LogP contribution is -2.17. The molecule has 9 aromatic rings. The summed E-state index contributed by atoms with van der Waals surface area (Å²) < 4.78 is 0. The highest BCUT2D eigenvalue weighted by atomic mass is 15.1. The molecule has 1 aliphatic rings. The zero-order valence-corrected chi connectivity index (χ0v) is 37.3. The van der Waals surface area contributed by atoms with Gasteiger partial charge in [-0.1, -0.05) is 219 Å². The van der Waals surface area contributed by atoms with Gasteiger partial charge in [-0.2, -0.15) is 0 Å². The Kier molecular flexibility index (Phi) is 9.38. The average Bonchev–Trinajstić information content (AvgIpc) is 3.51. The van der Waals surface area contributed by atoms with Crippen LogP contribution in [-0.2, 0) is 16.2 Å². The summed E-state index contributed by atoms with van der Waals surface area (Å²) in [6.45, 7) is 18.6. The van der Waals surface area contributed by atoms with Crippen molar-refractivity contribution in [2.24, 2.45) is 0 Å². The van der Waals surface area contributed by atoms with Gasteiger partial charge in [-0.15, -0.1) is 0 Å². The molecular weight excluding hydrogens is 747 g/mol. The maximum Gasteiger partial charge on any atom is 0.0618 e. The molecule has 0 radical (unpaired) electrons. The minimum absolute atomic E-state index is 0.0850. The van der Waals surface area contributed by atoms with Gasteiger partial charge in [0.2, 0.25) is 0 Å². The number of hydrogen-bond acceptors (Lipinski definition) is 1. The Morgan fingerprint density at radius 3 is 1.68 bits per heavy atom. The van der Waals surface area contributed by atoms with Crippen LogP contribution in [0.15, 0.2) is 188 Å². The summed E-state index contributed by atoms with van der Waals surface area (Å²) in [4.78, 5) is 2.59. The van der Waals surface area contributed by atoms with Crippen molar-refractivity contribution < 1.29 is 0 Å². The van der Waals surface area contributed by atoms with Gasteiger partial charge in [0.1, 0.15) is 0 Å². The van der Waals surface area contributed by atoms with Gasteiger partial charge in [-0.05, 0) is 107 Å². The van der Waals surface area contributed by atoms with E-state index >= 15 is 0 Å². The first-order valence-electron chi connectivity index (χ1n) is 22.2. The van der Waals surface area contributed by atoms with Crippen molar-refractivity contribution in [3.05, 3.63) is 210 Å². The number of anilines is 3. The maximum absolute atomic E-state index is 2.59. The van der Waals surface area contributed by atoms with Crippen molar-refractivity contribution >= 4 is 38.6 Å². The summed E-state index contributed by atoms with van der Waals surface area (Å²) in [7, 11) is 0. The smallest absolute Gasteiger partial charge is 0.0618 e. The first kappa shape index (κ1) is 39.4. The summed E-state index contributed by atoms with van der Waals surface area (Å²) >= 11 is 0. The minimum Gasteiger partial charge on any atom is -0.309 e. The summed E-state index contributed by atoms with van der Waals surface area (Å²) in [6, 6.07) is 70.7. The number of hydrogen-bond donors (Lipinski definition) is 0. The van der Waals surface area contributed by atoms with Crippen LogP contribution in [0.2, 0.25) is 0 Å². The zero-order valence-electron chi connectivity index (χ0n) is 37.3. The van der Waals surface area contributed by atoms with Crippen LogP contribution >= 0.6 is 0 Å². The molecule has 0 N–H and O–H groups in total. The molecule has 1 heteroatoms. The number of nitrogens with zero attached hydrogens (tertiary/aromatic N) is 1. The molecule has 1 nitrogen and oxygen atoms in total. The SMILES string of the molecule is CC(C)(C)c1ccc(-c2ccc(-c3c(N(c4ccc5c(c4)-c4ccccc4C5(C)C)c4c(-c5ccccc5)cc(C(C)(C)C)c5ccccc45)ccc4ccccc34)cc2)cc1. The first-order chi connectivity index (χ1) is 29.8. The molecule has 0 spiro atoms. The standard InChI is InChI=1S/C61H55N/c1-59(2,3)45-33-30-41(31-34-45)40-26-28-44(29-27-40)57-47-21-13-12-20-43(47)32-37-56(57)62(46-35-36-54-52(38-46)49-23-16-17-25-53(49)61(54,7)8)58-50-24-15-14-22-48(50)55(60(4,5)6)39-51(58)42-18-10-9-11-19-42/h9-39H,1-8H3. The average molecular weight is 802 g/mol. The molecular formula is C61H55N. The van der Waals surface area contributed by atoms with Gasteiger partial charge in [-0.3, -0.25) is 0 Å². The molecule has 0 unspecified atom stereocenters. The Bertz CT molecular complexity index is 3130. The number of rotatable bonds is 6. The normalized spacial score (nSPS) is 13.3. The van der Waals surface area contributed by atoms with Crippen LogP contribution in [0.25, 0.3) is 66.1 Å². The van der Waals surface area contributed by atoms with Crippen LogP contribution in [0.4, 0.5) is 17.1 Å². The van der Waals surface area contributed by atoms with E-state index in [1.807, 2.05) is 0 Å². The quantitative estimate of drug-likeness (QED) is 0.162. The highest BCUT2D eigenvalue weighted by Gasteiger charge is 2.36. The lowest BCUT2D eigenvalue weighted by atomic mass is 9.80. The van der Waals surface area contributed by atoms with Crippen molar-refractivity contribution in [2.45, 2.75) is 71.6 Å². The Morgan fingerprint density at radius 2 is 0.984 bits per heavy atom. The largest absolute Gasteiger partial charge is 0.309 e. The third-order valence-corrected chi connectivity index (χ3v) is 13.4. The van der Waals surface area contributed by atoms with E-state index in [2.05, 4.69) is 248 Å². The van der Waals surface area contributed by atoms with E-state index in [1.165, 1.54) is 94.0 Å². The summed E-state index contributed by atoms with van der Waals surface area (Å²) in [5.41, 5.74) is 18.6. The second-order valence-corrected chi connectivity index (χ2v) is 19.8. The van der Waals surface area contributed by atoms with Crippen LogP contribution in [0.3, 0.4) is 0 Å². The highest BCUT2D eigenvalue weighted by molar-refractivity contribution is 6.12. The molecule has 62 heavy (non-hydrogen) atoms. The van der Waals surface area contributed by atoms with Crippen molar-refractivity contribution in [2.75, 3.05) is 4.90 Å². The van der Waals surface area contributed by atoms with Crippen molar-refractivity contribution in [3.63, 3.8) is 0 Å². The van der Waals surface area contributed by atoms with Crippen molar-refractivity contribution in [1.29, 1.82) is 0 Å². The van der Waals surface area contributed by atoms with Crippen LogP contribution in [0, 0.1) is 0 Å². The lowest BCUT2D eigenvalue weighted by molar-refractivity contribution is 0.590. The molecule has 0 atom stereocenters. The van der Waals surface area contributed by atoms with Gasteiger partial charge in [0.15, 0.2) is 0 Å². The van der Waals surface area contributed by atoms with E-state index in [4.69, 9.17) is 0 Å². The molecule has 0 amide bonds. The van der Waals surface area contributed by atoms with Gasteiger partial charge in [0.05, 0.1) is 11.4 Å². The summed E-state index contributed by atoms with van der Waals surface area (Å²) in [5.74, 6) is 0. The fourth-order valence-electron chi connectivity index (χ4n) is 10.0. The molecule has 10 rings (SSSR count). The van der Waals surface area contributed by atoms with Crippen molar-refractivity contribution in [3.8, 4) is 44.5 Å². The van der Waals surface area contributed by atoms with Gasteiger partial charge in [0.25, 0.3) is 0 Å². The minimum atomic E-state index is -0.103. The van der Waals surface area contributed by atoms with Crippen LogP contribution in [0.1, 0.15) is 77.6 Å². The fraction of sp³-hybridized carbons (Fsp3) is 0.180. The van der Waals surface area contributed by atoms with Crippen LogP contribution in [0.5, 0.6) is 0 Å². The highest BCUT2D eigenvalue weighted by Crippen LogP contribution is 2.54. The predicted octanol–water partition coefficient (Wildman–Crippen LogP) is 17.4. The maximum atomic E-state index is 2.59. The van der Waals surface area contributed by atoms with E-state index in [9.17, 15) is 0 Å². The Morgan fingerprint density at radius 1 is 0.403 bits per heavy atom. The molecule has 0 saturated heterocycles. The van der Waals surface area contributed by atoms with Crippen LogP contribution in [-0.4, -0.2) is 0 Å². The molecule has 0 aromatic heterocycles. The molecule has 0 fully saturated rings. The molecule has 9 aromatic carbocycles. The van der Waals surface area contributed by atoms with E-state index in [0.29, 0.717) is 0 Å². The monoisotopic (exact) mass is 801 g/mol. The fourth-order valence-corrected chi connectivity index (χ4v) is 10.0. The molecule has 0 saturated carbocycles. The summed E-state index contributed by atoms with van der Waals surface area (Å²) in [6.07, 6.45) is 0. The zero-order chi connectivity index (χ0) is 43.0. The molecule has 0 bridgehead atoms. The predicted molar refractivity (Wildman–Crippen MR) is 267 cm³/mol. The number of benzene rings is 9. The lowest BCUT2D eigenvalue weighted by Gasteiger charge is -2.34. The summed E-state index contributed by atoms with van der Waals surface area (Å²) in [5, 5.41) is 4.94. The third-order valence-electron chi connectivity index (χ3n) is 13.4. The van der Waals surface area contributed by atoms with Gasteiger partial charge >= 0.3 is 0 Å². The van der Waals surface area contributed by atoms with Gasteiger partial charge in [0, 0.05) is 27.6 Å². The van der Waals surface area contributed by atoms with Gasteiger partial charge < -0.3 is 4.90 Å². The van der Waals surface area contributed by atoms with Crippen molar-refractivity contribution in [1.82, 2.24) is 0 Å². The Hall–Kier alpha value is -6.70. The van der Waals surface area contributed by atoms with E-state index in [-0.39, 0.29) is 16.2 Å². The molecule has 0 heterocycles. The van der Waals surface area contributed by atoms with Gasteiger partial charge in [-0.25, -0.2) is 0 Å². The van der Waals surface area contributed by atoms with Crippen LogP contribution < -0.4 is 4.90 Å². The Labute approximate surface area is 368 Å². The number of fused-ring (bicyclic) bond motifs is 5. The molecule has 1 aliphatic carbocycles. The topological polar surface area (TPSA) is 3.24 Å². The van der Waals surface area contributed by atoms with E-state index < -0.39 is 0 Å². The van der Waals surface area contributed by atoms with E-state index in [0.717, 1.165) is 11.4 Å². The third kappa shape index (κ3) is 6.63. The first-order valence-corrected chi connectivity index (χ1v) is 22.2. The second kappa shape index (κ2) is 14.7. The molecule has 304 valence electrons. The molecule has 0 aliphatic heterocycles.